The zero-order valence-corrected chi connectivity index (χ0v) is 22.6. The van der Waals surface area contributed by atoms with Crippen LogP contribution in [0.5, 0.6) is 0 Å². The van der Waals surface area contributed by atoms with Gasteiger partial charge in [-0.3, -0.25) is 0 Å². The van der Waals surface area contributed by atoms with Crippen molar-refractivity contribution in [3.05, 3.63) is 48.6 Å². The van der Waals surface area contributed by atoms with Crippen LogP contribution >= 0.6 is 34.8 Å². The summed E-state index contributed by atoms with van der Waals surface area (Å²) in [7, 11) is 0. The van der Waals surface area contributed by atoms with E-state index < -0.39 is 65.5 Å². The van der Waals surface area contributed by atoms with Crippen LogP contribution in [0, 0.1) is 0 Å². The maximum absolute atomic E-state index is 12.6. The zero-order valence-electron chi connectivity index (χ0n) is 20.3. The zero-order chi connectivity index (χ0) is 27.0. The molecule has 13 heteroatoms. The molecule has 0 saturated carbocycles. The largest absolute Gasteiger partial charge is 0.464 e. The highest BCUT2D eigenvalue weighted by atomic mass is 35.6. The molecular formula is C24H30Cl3NO9. The van der Waals surface area contributed by atoms with E-state index in [1.54, 1.807) is 6.92 Å². The molecule has 2 saturated heterocycles. The second kappa shape index (κ2) is 14.0. The van der Waals surface area contributed by atoms with Crippen LogP contribution in [0.25, 0.3) is 0 Å². The van der Waals surface area contributed by atoms with E-state index in [2.05, 4.69) is 11.9 Å². The predicted octanol–water partition coefficient (Wildman–Crippen LogP) is 3.83. The molecule has 1 amide bonds. The van der Waals surface area contributed by atoms with Crippen LogP contribution in [-0.4, -0.2) is 79.0 Å². The van der Waals surface area contributed by atoms with E-state index >= 15 is 0 Å². The fraction of sp³-hybridized carbons (Fsp3) is 0.583. The highest BCUT2D eigenvalue weighted by Crippen LogP contribution is 2.36. The molecule has 1 N–H and O–H groups in total. The molecule has 0 aliphatic carbocycles. The Morgan fingerprint density at radius 2 is 1.95 bits per heavy atom. The van der Waals surface area contributed by atoms with E-state index in [0.717, 1.165) is 5.56 Å². The van der Waals surface area contributed by atoms with Gasteiger partial charge in [-0.2, -0.15) is 0 Å². The molecule has 2 aliphatic heterocycles. The number of nitrogens with one attached hydrogen (secondary N) is 1. The number of carbonyl (C=O) groups is 2. The first kappa shape index (κ1) is 29.9. The smallest absolute Gasteiger partial charge is 0.407 e. The quantitative estimate of drug-likeness (QED) is 0.250. The van der Waals surface area contributed by atoms with Gasteiger partial charge >= 0.3 is 12.1 Å². The summed E-state index contributed by atoms with van der Waals surface area (Å²) in [6.45, 7) is 6.76. The molecule has 2 fully saturated rings. The lowest BCUT2D eigenvalue weighted by Gasteiger charge is -2.49. The highest BCUT2D eigenvalue weighted by molar-refractivity contribution is 6.67. The predicted molar refractivity (Wildman–Crippen MR) is 134 cm³/mol. The Kier molecular flexibility index (Phi) is 11.3. The SMILES string of the molecule is C=CCO[C@H]1O[C@@H]2COC(c3ccccc3)O[C@H]2[C@H](O[C@H](C)C(=O)OCC)[C@H]1NC(=O)OCC(Cl)(Cl)Cl. The average Bonchev–Trinajstić information content (AvgIpc) is 2.87. The highest BCUT2D eigenvalue weighted by Gasteiger charge is 2.52. The third-order valence-electron chi connectivity index (χ3n) is 5.42. The Hall–Kier alpha value is -1.63. The Morgan fingerprint density at radius 3 is 2.59 bits per heavy atom. The molecule has 206 valence electrons. The monoisotopic (exact) mass is 581 g/mol. The van der Waals surface area contributed by atoms with Gasteiger partial charge in [-0.25, -0.2) is 9.59 Å². The summed E-state index contributed by atoms with van der Waals surface area (Å²) < 4.78 is 38.5. The van der Waals surface area contributed by atoms with Crippen molar-refractivity contribution in [1.29, 1.82) is 0 Å². The summed E-state index contributed by atoms with van der Waals surface area (Å²) in [6.07, 6.45) is -4.58. The fourth-order valence-electron chi connectivity index (χ4n) is 3.85. The van der Waals surface area contributed by atoms with Crippen LogP contribution in [0.1, 0.15) is 25.7 Å². The molecule has 1 unspecified atom stereocenters. The van der Waals surface area contributed by atoms with E-state index in [0.29, 0.717) is 0 Å². The minimum absolute atomic E-state index is 0.0952. The Balaban J connectivity index is 1.89. The van der Waals surface area contributed by atoms with Gasteiger partial charge < -0.3 is 38.5 Å². The van der Waals surface area contributed by atoms with E-state index in [1.165, 1.54) is 13.0 Å². The molecule has 1 aromatic rings. The Labute approximate surface area is 230 Å². The van der Waals surface area contributed by atoms with Crippen molar-refractivity contribution < 1.29 is 42.7 Å². The number of benzene rings is 1. The van der Waals surface area contributed by atoms with Crippen LogP contribution in [-0.2, 0) is 38.0 Å². The molecule has 3 rings (SSSR count). The molecule has 1 aromatic carbocycles. The lowest BCUT2D eigenvalue weighted by atomic mass is 9.95. The number of fused-ring (bicyclic) bond motifs is 1. The third-order valence-corrected chi connectivity index (χ3v) is 5.75. The second-order valence-corrected chi connectivity index (χ2v) is 10.7. The van der Waals surface area contributed by atoms with E-state index in [1.807, 2.05) is 30.3 Å². The first-order chi connectivity index (χ1) is 17.6. The molecule has 2 aliphatic rings. The van der Waals surface area contributed by atoms with Crippen LogP contribution < -0.4 is 5.32 Å². The standard InChI is InChI=1S/C24H30Cl3NO9/c1-4-11-32-22-17(28-23(30)34-13-24(25,26)27)19(35-14(3)20(29)31-5-2)18-16(36-22)12-33-21(37-18)15-9-7-6-8-10-15/h4,6-10,14,16-19,21-22H,1,5,11-13H2,2-3H3,(H,28,30)/t14-,16-,17-,18-,19-,21?,22+/m1/s1. The van der Waals surface area contributed by atoms with Crippen molar-refractivity contribution >= 4 is 46.9 Å². The van der Waals surface area contributed by atoms with E-state index in [4.69, 9.17) is 68.0 Å². The number of alkyl halides is 3. The fourth-order valence-corrected chi connectivity index (χ4v) is 4.01. The maximum atomic E-state index is 12.6. The molecule has 10 nitrogen and oxygen atoms in total. The summed E-state index contributed by atoms with van der Waals surface area (Å²) in [5.41, 5.74) is 0.773. The number of ether oxygens (including phenoxy) is 7. The second-order valence-electron chi connectivity index (χ2n) is 8.20. The van der Waals surface area contributed by atoms with Crippen LogP contribution in [0.15, 0.2) is 43.0 Å². The minimum Gasteiger partial charge on any atom is -0.464 e. The first-order valence-corrected chi connectivity index (χ1v) is 12.8. The topological polar surface area (TPSA) is 111 Å². The summed E-state index contributed by atoms with van der Waals surface area (Å²) in [4.78, 5) is 25.1. The van der Waals surface area contributed by atoms with Gasteiger partial charge in [-0.1, -0.05) is 71.2 Å². The van der Waals surface area contributed by atoms with Gasteiger partial charge in [0.15, 0.2) is 18.7 Å². The van der Waals surface area contributed by atoms with E-state index in [-0.39, 0.29) is 19.8 Å². The van der Waals surface area contributed by atoms with Crippen molar-refractivity contribution in [2.45, 2.75) is 60.7 Å². The molecule has 0 aromatic heterocycles. The van der Waals surface area contributed by atoms with Gasteiger partial charge in [0.2, 0.25) is 3.79 Å². The number of alkyl carbamates (subject to hydrolysis) is 1. The number of rotatable bonds is 10. The average molecular weight is 583 g/mol. The molecule has 0 radical (unpaired) electrons. The van der Waals surface area contributed by atoms with Gasteiger partial charge in [0.1, 0.15) is 31.0 Å². The van der Waals surface area contributed by atoms with Crippen molar-refractivity contribution in [2.75, 3.05) is 26.4 Å². The number of hydrogen-bond donors (Lipinski definition) is 1. The van der Waals surface area contributed by atoms with Crippen LogP contribution in [0.2, 0.25) is 0 Å². The van der Waals surface area contributed by atoms with Crippen molar-refractivity contribution in [2.24, 2.45) is 0 Å². The third kappa shape index (κ3) is 8.69. The first-order valence-electron chi connectivity index (χ1n) is 11.6. The molecule has 0 spiro atoms. The van der Waals surface area contributed by atoms with Crippen LogP contribution in [0.3, 0.4) is 0 Å². The maximum Gasteiger partial charge on any atom is 0.407 e. The van der Waals surface area contributed by atoms with Gasteiger partial charge in [-0.05, 0) is 13.8 Å². The summed E-state index contributed by atoms with van der Waals surface area (Å²) in [5, 5.41) is 2.65. The molecule has 0 bridgehead atoms. The Morgan fingerprint density at radius 1 is 1.22 bits per heavy atom. The molecule has 7 atom stereocenters. The number of esters is 1. The lowest BCUT2D eigenvalue weighted by molar-refractivity contribution is -0.349. The van der Waals surface area contributed by atoms with Gasteiger partial charge in [0, 0.05) is 5.56 Å². The number of amides is 1. The normalized spacial score (nSPS) is 28.5. The summed E-state index contributed by atoms with van der Waals surface area (Å²) in [5.74, 6) is -0.585. The van der Waals surface area contributed by atoms with Crippen molar-refractivity contribution in [1.82, 2.24) is 5.32 Å². The van der Waals surface area contributed by atoms with Crippen molar-refractivity contribution in [3.8, 4) is 0 Å². The van der Waals surface area contributed by atoms with Gasteiger partial charge in [0.05, 0.1) is 19.8 Å². The van der Waals surface area contributed by atoms with Crippen molar-refractivity contribution in [3.63, 3.8) is 0 Å². The van der Waals surface area contributed by atoms with Gasteiger partial charge in [-0.15, -0.1) is 6.58 Å². The van der Waals surface area contributed by atoms with E-state index in [9.17, 15) is 9.59 Å². The Bertz CT molecular complexity index is 901. The molecular weight excluding hydrogens is 553 g/mol. The number of carbonyl (C=O) groups excluding carboxylic acids is 2. The summed E-state index contributed by atoms with van der Waals surface area (Å²) >= 11 is 17.1. The summed E-state index contributed by atoms with van der Waals surface area (Å²) in [6, 6.07) is 8.28. The molecule has 2 heterocycles. The van der Waals surface area contributed by atoms with Crippen LogP contribution in [0.4, 0.5) is 4.79 Å². The lowest BCUT2D eigenvalue weighted by Crippen LogP contribution is -2.68. The number of halogens is 3. The number of hydrogen-bond acceptors (Lipinski definition) is 9. The van der Waals surface area contributed by atoms with Gasteiger partial charge in [0.25, 0.3) is 0 Å². The minimum atomic E-state index is -1.81. The molecule has 37 heavy (non-hydrogen) atoms.